The monoisotopic (exact) mass is 163 g/mol. The van der Waals surface area contributed by atoms with Crippen LogP contribution in [0.5, 0.6) is 0 Å². The van der Waals surface area contributed by atoms with Crippen molar-refractivity contribution in [1.82, 2.24) is 4.90 Å². The van der Waals surface area contributed by atoms with E-state index in [1.807, 2.05) is 6.92 Å². The van der Waals surface area contributed by atoms with Crippen molar-refractivity contribution < 1.29 is 8.78 Å². The van der Waals surface area contributed by atoms with Crippen molar-refractivity contribution >= 4 is 0 Å². The molecule has 1 heterocycles. The predicted molar refractivity (Wildman–Crippen MR) is 40.8 cm³/mol. The largest absolute Gasteiger partial charge is 0.301 e. The molecule has 1 rings (SSSR count). The third-order valence-corrected chi connectivity index (χ3v) is 2.43. The normalized spacial score (nSPS) is 32.2. The minimum absolute atomic E-state index is 0.0640. The fraction of sp³-hybridized carbons (Fsp3) is 1.00. The summed E-state index contributed by atoms with van der Waals surface area (Å²) in [7, 11) is 1.75. The Hall–Kier alpha value is -0.180. The van der Waals surface area contributed by atoms with Gasteiger partial charge in [0.1, 0.15) is 0 Å². The van der Waals surface area contributed by atoms with E-state index in [9.17, 15) is 8.78 Å². The van der Waals surface area contributed by atoms with Crippen molar-refractivity contribution in [3.63, 3.8) is 0 Å². The first kappa shape index (κ1) is 8.91. The smallest absolute Gasteiger partial charge is 0.263 e. The molecule has 66 valence electrons. The molecule has 1 fully saturated rings. The van der Waals surface area contributed by atoms with Crippen LogP contribution in [0, 0.1) is 5.92 Å². The fourth-order valence-corrected chi connectivity index (χ4v) is 1.66. The summed E-state index contributed by atoms with van der Waals surface area (Å²) in [5.74, 6) is -2.85. The van der Waals surface area contributed by atoms with Gasteiger partial charge in [0.25, 0.3) is 5.92 Å². The average Bonchev–Trinajstić information content (AvgIpc) is 1.85. The van der Waals surface area contributed by atoms with Gasteiger partial charge < -0.3 is 4.90 Å². The summed E-state index contributed by atoms with van der Waals surface area (Å²) in [4.78, 5) is 1.70. The Balaban J connectivity index is 2.56. The van der Waals surface area contributed by atoms with Gasteiger partial charge in [-0.2, -0.15) is 0 Å². The number of piperidine rings is 1. The maximum atomic E-state index is 13.1. The molecule has 1 aliphatic rings. The highest BCUT2D eigenvalue weighted by Gasteiger charge is 2.42. The average molecular weight is 163 g/mol. The van der Waals surface area contributed by atoms with Gasteiger partial charge in [0.2, 0.25) is 0 Å². The van der Waals surface area contributed by atoms with Crippen LogP contribution in [0.3, 0.4) is 0 Å². The number of hydrogen-bond acceptors (Lipinski definition) is 1. The van der Waals surface area contributed by atoms with E-state index in [1.54, 1.807) is 11.9 Å². The third-order valence-electron chi connectivity index (χ3n) is 2.43. The molecule has 1 saturated heterocycles. The van der Waals surface area contributed by atoms with Crippen LogP contribution in [0.25, 0.3) is 0 Å². The van der Waals surface area contributed by atoms with Gasteiger partial charge in [-0.3, -0.25) is 0 Å². The van der Waals surface area contributed by atoms with E-state index in [2.05, 4.69) is 0 Å². The molecule has 11 heavy (non-hydrogen) atoms. The van der Waals surface area contributed by atoms with Crippen molar-refractivity contribution in [2.45, 2.75) is 25.7 Å². The minimum Gasteiger partial charge on any atom is -0.301 e. The zero-order valence-corrected chi connectivity index (χ0v) is 7.11. The summed E-state index contributed by atoms with van der Waals surface area (Å²) in [5, 5.41) is 0. The van der Waals surface area contributed by atoms with Gasteiger partial charge in [-0.25, -0.2) is 8.78 Å². The Morgan fingerprint density at radius 1 is 1.55 bits per heavy atom. The SMILES string of the molecule is CCC1CCN(C)CC1(F)F. The summed E-state index contributed by atoms with van der Waals surface area (Å²) >= 11 is 0. The number of alkyl halides is 2. The first-order valence-electron chi connectivity index (χ1n) is 4.12. The lowest BCUT2D eigenvalue weighted by molar-refractivity contribution is -0.106. The maximum Gasteiger partial charge on any atom is 0.263 e. The van der Waals surface area contributed by atoms with Crippen LogP contribution in [-0.4, -0.2) is 31.0 Å². The molecule has 1 nitrogen and oxygen atoms in total. The highest BCUT2D eigenvalue weighted by Crippen LogP contribution is 2.33. The first-order chi connectivity index (χ1) is 5.06. The van der Waals surface area contributed by atoms with Gasteiger partial charge in [0, 0.05) is 5.92 Å². The molecule has 0 aromatic carbocycles. The highest BCUT2D eigenvalue weighted by atomic mass is 19.3. The van der Waals surface area contributed by atoms with Crippen molar-refractivity contribution in [2.24, 2.45) is 5.92 Å². The first-order valence-corrected chi connectivity index (χ1v) is 4.12. The number of likely N-dealkylation sites (tertiary alicyclic amines) is 1. The Bertz CT molecular complexity index is 136. The highest BCUT2D eigenvalue weighted by molar-refractivity contribution is 4.84. The molecule has 0 saturated carbocycles. The van der Waals surface area contributed by atoms with Gasteiger partial charge in [-0.05, 0) is 26.4 Å². The van der Waals surface area contributed by atoms with Gasteiger partial charge in [0.05, 0.1) is 6.54 Å². The van der Waals surface area contributed by atoms with E-state index < -0.39 is 11.8 Å². The summed E-state index contributed by atoms with van der Waals surface area (Å²) in [6.45, 7) is 2.59. The molecule has 0 N–H and O–H groups in total. The minimum atomic E-state index is -2.46. The Kier molecular flexibility index (Phi) is 2.47. The number of halogens is 2. The van der Waals surface area contributed by atoms with Crippen LogP contribution in [0.1, 0.15) is 19.8 Å². The summed E-state index contributed by atoms with van der Waals surface area (Å²) in [5.41, 5.74) is 0. The molecule has 0 bridgehead atoms. The summed E-state index contributed by atoms with van der Waals surface area (Å²) < 4.78 is 26.2. The molecular formula is C8H15F2N. The lowest BCUT2D eigenvalue weighted by Crippen LogP contribution is -2.46. The molecule has 0 aromatic rings. The predicted octanol–water partition coefficient (Wildman–Crippen LogP) is 1.98. The van der Waals surface area contributed by atoms with E-state index in [-0.39, 0.29) is 6.54 Å². The molecule has 1 atom stereocenters. The van der Waals surface area contributed by atoms with Gasteiger partial charge in [-0.15, -0.1) is 0 Å². The zero-order chi connectivity index (χ0) is 8.48. The Labute approximate surface area is 66.4 Å². The van der Waals surface area contributed by atoms with E-state index in [4.69, 9.17) is 0 Å². The van der Waals surface area contributed by atoms with Crippen molar-refractivity contribution in [3.8, 4) is 0 Å². The Morgan fingerprint density at radius 2 is 2.18 bits per heavy atom. The van der Waals surface area contributed by atoms with Crippen molar-refractivity contribution in [2.75, 3.05) is 20.1 Å². The number of nitrogens with zero attached hydrogens (tertiary/aromatic N) is 1. The molecule has 0 spiro atoms. The van der Waals surface area contributed by atoms with E-state index in [0.717, 1.165) is 6.54 Å². The van der Waals surface area contributed by atoms with Gasteiger partial charge in [0.15, 0.2) is 0 Å². The topological polar surface area (TPSA) is 3.24 Å². The standard InChI is InChI=1S/C8H15F2N/c1-3-7-4-5-11(2)6-8(7,9)10/h7H,3-6H2,1-2H3. The van der Waals surface area contributed by atoms with E-state index >= 15 is 0 Å². The van der Waals surface area contributed by atoms with Crippen LogP contribution in [-0.2, 0) is 0 Å². The van der Waals surface area contributed by atoms with Crippen LogP contribution in [0.2, 0.25) is 0 Å². The van der Waals surface area contributed by atoms with E-state index in [1.165, 1.54) is 0 Å². The molecule has 0 radical (unpaired) electrons. The quantitative estimate of drug-likeness (QED) is 0.571. The molecule has 3 heteroatoms. The third kappa shape index (κ3) is 1.89. The molecule has 1 unspecified atom stereocenters. The van der Waals surface area contributed by atoms with Crippen molar-refractivity contribution in [3.05, 3.63) is 0 Å². The second-order valence-corrected chi connectivity index (χ2v) is 3.39. The van der Waals surface area contributed by atoms with E-state index in [0.29, 0.717) is 12.8 Å². The maximum absolute atomic E-state index is 13.1. The lowest BCUT2D eigenvalue weighted by atomic mass is 9.91. The fourth-order valence-electron chi connectivity index (χ4n) is 1.66. The lowest BCUT2D eigenvalue weighted by Gasteiger charge is -2.35. The van der Waals surface area contributed by atoms with Crippen molar-refractivity contribution in [1.29, 1.82) is 0 Å². The Morgan fingerprint density at radius 3 is 2.64 bits per heavy atom. The molecule has 1 aliphatic heterocycles. The van der Waals surface area contributed by atoms with Crippen LogP contribution >= 0.6 is 0 Å². The second-order valence-electron chi connectivity index (χ2n) is 3.39. The van der Waals surface area contributed by atoms with Crippen LogP contribution in [0.4, 0.5) is 8.78 Å². The van der Waals surface area contributed by atoms with Gasteiger partial charge in [-0.1, -0.05) is 6.92 Å². The number of hydrogen-bond donors (Lipinski definition) is 0. The molecule has 0 aliphatic carbocycles. The molecular weight excluding hydrogens is 148 g/mol. The number of rotatable bonds is 1. The summed E-state index contributed by atoms with van der Waals surface area (Å²) in [6.07, 6.45) is 1.24. The second kappa shape index (κ2) is 3.05. The van der Waals surface area contributed by atoms with Gasteiger partial charge >= 0.3 is 0 Å². The molecule has 0 aromatic heterocycles. The molecule has 0 amide bonds. The van der Waals surface area contributed by atoms with Crippen LogP contribution in [0.15, 0.2) is 0 Å². The summed E-state index contributed by atoms with van der Waals surface area (Å²) in [6, 6.07) is 0. The zero-order valence-electron chi connectivity index (χ0n) is 7.11. The van der Waals surface area contributed by atoms with Crippen LogP contribution < -0.4 is 0 Å².